The number of aliphatic carboxylic acids is 1. The van der Waals surface area contributed by atoms with Gasteiger partial charge in [0.2, 0.25) is 0 Å². The number of thiophene rings is 1. The number of amides is 1. The molecular formula is C12H11NO3S3. The molecule has 2 rings (SSSR count). The van der Waals surface area contributed by atoms with E-state index in [9.17, 15) is 9.59 Å². The van der Waals surface area contributed by atoms with Gasteiger partial charge in [0.05, 0.1) is 4.91 Å². The van der Waals surface area contributed by atoms with Gasteiger partial charge in [-0.05, 0) is 34.9 Å². The lowest BCUT2D eigenvalue weighted by Crippen LogP contribution is -2.29. The van der Waals surface area contributed by atoms with Gasteiger partial charge in [-0.3, -0.25) is 14.5 Å². The van der Waals surface area contributed by atoms with E-state index < -0.39 is 5.97 Å². The van der Waals surface area contributed by atoms with E-state index in [0.29, 0.717) is 22.2 Å². The summed E-state index contributed by atoms with van der Waals surface area (Å²) in [5.74, 6) is -0.995. The summed E-state index contributed by atoms with van der Waals surface area (Å²) in [4.78, 5) is 24.7. The topological polar surface area (TPSA) is 57.6 Å². The van der Waals surface area contributed by atoms with E-state index in [4.69, 9.17) is 17.3 Å². The maximum atomic E-state index is 12.1. The highest BCUT2D eigenvalue weighted by molar-refractivity contribution is 8.26. The quantitative estimate of drug-likeness (QED) is 0.669. The van der Waals surface area contributed by atoms with Crippen LogP contribution in [0.15, 0.2) is 21.7 Å². The second-order valence-corrected chi connectivity index (χ2v) is 6.34. The standard InChI is InChI=1S/C12H11NO3S3/c14-10(15)2-1-4-13-11(16)9(19-12(13)17)6-8-3-5-18-7-8/h3,5-7H,1-2,4H2,(H,14,15)/b9-6-. The van der Waals surface area contributed by atoms with E-state index in [1.54, 1.807) is 11.3 Å². The summed E-state index contributed by atoms with van der Waals surface area (Å²) in [6.07, 6.45) is 2.27. The number of rotatable bonds is 5. The average Bonchev–Trinajstić information content (AvgIpc) is 2.93. The fraction of sp³-hybridized carbons (Fsp3) is 0.250. The monoisotopic (exact) mass is 313 g/mol. The van der Waals surface area contributed by atoms with Gasteiger partial charge in [0.25, 0.3) is 5.91 Å². The molecule has 1 aromatic rings. The van der Waals surface area contributed by atoms with Crippen LogP contribution in [0.5, 0.6) is 0 Å². The second-order valence-electron chi connectivity index (χ2n) is 3.89. The van der Waals surface area contributed by atoms with Crippen LogP contribution in [-0.4, -0.2) is 32.7 Å². The molecule has 4 nitrogen and oxygen atoms in total. The number of hydrogen-bond acceptors (Lipinski definition) is 5. The minimum absolute atomic E-state index is 0.0423. The Balaban J connectivity index is 2.02. The predicted molar refractivity (Wildman–Crippen MR) is 81.1 cm³/mol. The summed E-state index contributed by atoms with van der Waals surface area (Å²) in [6.45, 7) is 0.359. The van der Waals surface area contributed by atoms with Crippen LogP contribution in [0, 0.1) is 0 Å². The predicted octanol–water partition coefficient (Wildman–Crippen LogP) is 2.81. The lowest BCUT2D eigenvalue weighted by Gasteiger charge is -2.13. The van der Waals surface area contributed by atoms with Gasteiger partial charge >= 0.3 is 5.97 Å². The Morgan fingerprint density at radius 1 is 1.53 bits per heavy atom. The van der Waals surface area contributed by atoms with Crippen molar-refractivity contribution in [1.82, 2.24) is 4.90 Å². The third-order valence-electron chi connectivity index (χ3n) is 2.49. The van der Waals surface area contributed by atoms with Crippen molar-refractivity contribution >= 4 is 57.6 Å². The summed E-state index contributed by atoms with van der Waals surface area (Å²) < 4.78 is 0.497. The van der Waals surface area contributed by atoms with E-state index in [0.717, 1.165) is 5.56 Å². The molecule has 100 valence electrons. The lowest BCUT2D eigenvalue weighted by atomic mass is 10.2. The minimum atomic E-state index is -0.862. The van der Waals surface area contributed by atoms with Crippen molar-refractivity contribution in [1.29, 1.82) is 0 Å². The summed E-state index contributed by atoms with van der Waals surface area (Å²) in [5, 5.41) is 12.5. The van der Waals surface area contributed by atoms with Crippen LogP contribution in [0.25, 0.3) is 6.08 Å². The Morgan fingerprint density at radius 3 is 2.95 bits per heavy atom. The first-order valence-electron chi connectivity index (χ1n) is 5.57. The Hall–Kier alpha value is -1.18. The van der Waals surface area contributed by atoms with Crippen molar-refractivity contribution in [2.45, 2.75) is 12.8 Å². The molecule has 1 aliphatic heterocycles. The van der Waals surface area contributed by atoms with Crippen LogP contribution in [0.4, 0.5) is 0 Å². The second kappa shape index (κ2) is 6.31. The number of thiocarbonyl (C=S) groups is 1. The Labute approximate surface area is 124 Å². The molecule has 1 aromatic heterocycles. The SMILES string of the molecule is O=C(O)CCCN1C(=O)/C(=C/c2ccsc2)SC1=S. The molecule has 0 atom stereocenters. The van der Waals surface area contributed by atoms with Crippen molar-refractivity contribution in [3.05, 3.63) is 27.3 Å². The third-order valence-corrected chi connectivity index (χ3v) is 4.57. The van der Waals surface area contributed by atoms with Crippen LogP contribution in [0.3, 0.4) is 0 Å². The summed E-state index contributed by atoms with van der Waals surface area (Å²) in [7, 11) is 0. The van der Waals surface area contributed by atoms with Crippen molar-refractivity contribution in [3.63, 3.8) is 0 Å². The third kappa shape index (κ3) is 3.65. The molecule has 0 radical (unpaired) electrons. The van der Waals surface area contributed by atoms with E-state index in [-0.39, 0.29) is 12.3 Å². The van der Waals surface area contributed by atoms with Crippen LogP contribution < -0.4 is 0 Å². The molecule has 0 unspecified atom stereocenters. The number of hydrogen-bond donors (Lipinski definition) is 1. The van der Waals surface area contributed by atoms with Crippen molar-refractivity contribution < 1.29 is 14.7 Å². The van der Waals surface area contributed by atoms with E-state index in [2.05, 4.69) is 0 Å². The number of carboxylic acid groups (broad SMARTS) is 1. The first-order chi connectivity index (χ1) is 9.08. The zero-order chi connectivity index (χ0) is 13.8. The summed E-state index contributed by atoms with van der Waals surface area (Å²) in [5.41, 5.74) is 0.982. The zero-order valence-electron chi connectivity index (χ0n) is 9.87. The highest BCUT2D eigenvalue weighted by Gasteiger charge is 2.31. The number of nitrogens with zero attached hydrogens (tertiary/aromatic N) is 1. The number of carbonyl (C=O) groups excluding carboxylic acids is 1. The molecule has 1 saturated heterocycles. The molecule has 0 spiro atoms. The van der Waals surface area contributed by atoms with E-state index in [1.165, 1.54) is 16.7 Å². The largest absolute Gasteiger partial charge is 0.481 e. The molecule has 0 bridgehead atoms. The Morgan fingerprint density at radius 2 is 2.32 bits per heavy atom. The molecule has 1 amide bonds. The number of thioether (sulfide) groups is 1. The lowest BCUT2D eigenvalue weighted by molar-refractivity contribution is -0.137. The smallest absolute Gasteiger partial charge is 0.303 e. The van der Waals surface area contributed by atoms with Crippen LogP contribution in [-0.2, 0) is 9.59 Å². The van der Waals surface area contributed by atoms with Crippen molar-refractivity contribution in [2.75, 3.05) is 6.54 Å². The van der Waals surface area contributed by atoms with Gasteiger partial charge in [-0.25, -0.2) is 0 Å². The normalized spacial score (nSPS) is 17.5. The zero-order valence-corrected chi connectivity index (χ0v) is 12.3. The number of carboxylic acids is 1. The number of carbonyl (C=O) groups is 2. The molecule has 1 aliphatic rings. The van der Waals surface area contributed by atoms with Gasteiger partial charge in [-0.15, -0.1) is 0 Å². The van der Waals surface area contributed by atoms with E-state index in [1.807, 2.05) is 22.9 Å². The van der Waals surface area contributed by atoms with Gasteiger partial charge in [0, 0.05) is 13.0 Å². The molecule has 0 aromatic carbocycles. The highest BCUT2D eigenvalue weighted by Crippen LogP contribution is 2.32. The van der Waals surface area contributed by atoms with Gasteiger partial charge in [0.15, 0.2) is 0 Å². The molecule has 2 heterocycles. The fourth-order valence-electron chi connectivity index (χ4n) is 1.59. The van der Waals surface area contributed by atoms with Crippen molar-refractivity contribution in [3.8, 4) is 0 Å². The Kier molecular flexibility index (Phi) is 4.73. The van der Waals surface area contributed by atoms with Crippen LogP contribution in [0.2, 0.25) is 0 Å². The van der Waals surface area contributed by atoms with Gasteiger partial charge < -0.3 is 5.11 Å². The molecular weight excluding hydrogens is 302 g/mol. The molecule has 1 N–H and O–H groups in total. The minimum Gasteiger partial charge on any atom is -0.481 e. The molecule has 1 fully saturated rings. The molecule has 0 saturated carbocycles. The average molecular weight is 313 g/mol. The maximum absolute atomic E-state index is 12.1. The van der Waals surface area contributed by atoms with Gasteiger partial charge in [-0.1, -0.05) is 24.0 Å². The fourth-order valence-corrected chi connectivity index (χ4v) is 3.52. The van der Waals surface area contributed by atoms with Crippen molar-refractivity contribution in [2.24, 2.45) is 0 Å². The maximum Gasteiger partial charge on any atom is 0.303 e. The molecule has 19 heavy (non-hydrogen) atoms. The molecule has 0 aliphatic carbocycles. The molecule has 7 heteroatoms. The first-order valence-corrected chi connectivity index (χ1v) is 7.74. The highest BCUT2D eigenvalue weighted by atomic mass is 32.2. The summed E-state index contributed by atoms with van der Waals surface area (Å²) in [6, 6.07) is 1.93. The summed E-state index contributed by atoms with van der Waals surface area (Å²) >= 11 is 7.98. The Bertz CT molecular complexity index is 536. The van der Waals surface area contributed by atoms with Gasteiger partial charge in [-0.2, -0.15) is 11.3 Å². The van der Waals surface area contributed by atoms with E-state index >= 15 is 0 Å². The van der Waals surface area contributed by atoms with Gasteiger partial charge in [0.1, 0.15) is 4.32 Å². The van der Waals surface area contributed by atoms with Crippen LogP contribution >= 0.6 is 35.3 Å². The van der Waals surface area contributed by atoms with Crippen LogP contribution in [0.1, 0.15) is 18.4 Å². The first kappa shape index (κ1) is 14.2.